The van der Waals surface area contributed by atoms with Crippen molar-refractivity contribution in [3.63, 3.8) is 0 Å². The molecule has 1 aromatic carbocycles. The molecule has 0 radical (unpaired) electrons. The number of piperazine rings is 1. The van der Waals surface area contributed by atoms with Crippen molar-refractivity contribution in [2.75, 3.05) is 18.0 Å². The number of benzene rings is 1. The van der Waals surface area contributed by atoms with Crippen LogP contribution >= 0.6 is 0 Å². The Morgan fingerprint density at radius 3 is 2.84 bits per heavy atom. The van der Waals surface area contributed by atoms with Gasteiger partial charge in [-0.15, -0.1) is 0 Å². The molecule has 2 rings (SSSR count). The maximum Gasteiger partial charge on any atom is 0.123 e. The third-order valence-corrected chi connectivity index (χ3v) is 4.40. The number of nitrogens with one attached hydrogen (secondary N) is 1. The molecule has 1 fully saturated rings. The van der Waals surface area contributed by atoms with Crippen LogP contribution in [0.2, 0.25) is 0 Å². The molecule has 0 amide bonds. The molecule has 3 unspecified atom stereocenters. The van der Waals surface area contributed by atoms with Gasteiger partial charge < -0.3 is 10.2 Å². The monoisotopic (exact) mass is 264 g/mol. The van der Waals surface area contributed by atoms with E-state index in [4.69, 9.17) is 0 Å². The molecule has 0 saturated carbocycles. The summed E-state index contributed by atoms with van der Waals surface area (Å²) in [6.07, 6.45) is 1.18. The van der Waals surface area contributed by atoms with Gasteiger partial charge >= 0.3 is 0 Å². The summed E-state index contributed by atoms with van der Waals surface area (Å²) in [5.74, 6) is 0.512. The van der Waals surface area contributed by atoms with E-state index in [2.05, 4.69) is 31.0 Å². The molecule has 3 atom stereocenters. The summed E-state index contributed by atoms with van der Waals surface area (Å²) in [5, 5.41) is 3.63. The SMILES string of the molecule is CCC(C)C1CN(c2ccc(F)cc2C)C(C)CN1. The van der Waals surface area contributed by atoms with Crippen molar-refractivity contribution >= 4 is 5.69 Å². The third-order valence-electron chi connectivity index (χ3n) is 4.40. The summed E-state index contributed by atoms with van der Waals surface area (Å²) < 4.78 is 13.2. The molecule has 0 spiro atoms. The smallest absolute Gasteiger partial charge is 0.123 e. The maximum atomic E-state index is 13.2. The molecule has 1 aliphatic heterocycles. The lowest BCUT2D eigenvalue weighted by atomic mass is 9.95. The number of hydrogen-bond acceptors (Lipinski definition) is 2. The first-order chi connectivity index (χ1) is 9.02. The van der Waals surface area contributed by atoms with Crippen LogP contribution in [0.25, 0.3) is 0 Å². The van der Waals surface area contributed by atoms with Crippen LogP contribution in [0.4, 0.5) is 10.1 Å². The number of anilines is 1. The van der Waals surface area contributed by atoms with Crippen LogP contribution in [-0.4, -0.2) is 25.2 Å². The number of rotatable bonds is 3. The standard InChI is InChI=1S/C16H25FN2/c1-5-11(2)15-10-19(13(4)9-18-15)16-7-6-14(17)8-12(16)3/h6-8,11,13,15,18H,5,9-10H2,1-4H3. The first-order valence-corrected chi connectivity index (χ1v) is 7.29. The molecule has 1 saturated heterocycles. The van der Waals surface area contributed by atoms with Crippen LogP contribution in [0, 0.1) is 18.7 Å². The highest BCUT2D eigenvalue weighted by Gasteiger charge is 2.28. The Kier molecular flexibility index (Phi) is 4.46. The molecule has 3 heteroatoms. The van der Waals surface area contributed by atoms with Crippen molar-refractivity contribution in [2.45, 2.75) is 46.2 Å². The largest absolute Gasteiger partial charge is 0.366 e. The second-order valence-corrected chi connectivity index (χ2v) is 5.83. The van der Waals surface area contributed by atoms with Gasteiger partial charge in [0.25, 0.3) is 0 Å². The average Bonchev–Trinajstić information content (AvgIpc) is 2.39. The molecule has 1 aromatic rings. The van der Waals surface area contributed by atoms with Gasteiger partial charge in [-0.05, 0) is 43.5 Å². The van der Waals surface area contributed by atoms with Gasteiger partial charge in [-0.25, -0.2) is 4.39 Å². The minimum absolute atomic E-state index is 0.150. The Bertz CT molecular complexity index is 433. The van der Waals surface area contributed by atoms with E-state index in [9.17, 15) is 4.39 Å². The van der Waals surface area contributed by atoms with Gasteiger partial charge in [0.15, 0.2) is 0 Å². The Morgan fingerprint density at radius 2 is 2.21 bits per heavy atom. The summed E-state index contributed by atoms with van der Waals surface area (Å²) in [4.78, 5) is 2.42. The zero-order valence-corrected chi connectivity index (χ0v) is 12.4. The quantitative estimate of drug-likeness (QED) is 0.900. The molecule has 0 bridgehead atoms. The van der Waals surface area contributed by atoms with E-state index < -0.39 is 0 Å². The van der Waals surface area contributed by atoms with E-state index >= 15 is 0 Å². The van der Waals surface area contributed by atoms with Crippen molar-refractivity contribution in [2.24, 2.45) is 5.92 Å². The molecule has 1 heterocycles. The van der Waals surface area contributed by atoms with E-state index in [1.54, 1.807) is 12.1 Å². The molecular formula is C16H25FN2. The fourth-order valence-corrected chi connectivity index (χ4v) is 2.83. The fourth-order valence-electron chi connectivity index (χ4n) is 2.83. The van der Waals surface area contributed by atoms with E-state index in [1.807, 2.05) is 13.0 Å². The Morgan fingerprint density at radius 1 is 1.47 bits per heavy atom. The van der Waals surface area contributed by atoms with Crippen molar-refractivity contribution in [1.29, 1.82) is 0 Å². The predicted molar refractivity (Wildman–Crippen MR) is 79.2 cm³/mol. The Labute approximate surface area is 116 Å². The average molecular weight is 264 g/mol. The van der Waals surface area contributed by atoms with Gasteiger partial charge in [-0.1, -0.05) is 20.3 Å². The number of hydrogen-bond donors (Lipinski definition) is 1. The zero-order valence-electron chi connectivity index (χ0n) is 12.4. The van der Waals surface area contributed by atoms with Gasteiger partial charge in [0.05, 0.1) is 0 Å². The fraction of sp³-hybridized carbons (Fsp3) is 0.625. The zero-order chi connectivity index (χ0) is 14.0. The number of halogens is 1. The summed E-state index contributed by atoms with van der Waals surface area (Å²) >= 11 is 0. The van der Waals surface area contributed by atoms with E-state index in [1.165, 1.54) is 12.1 Å². The van der Waals surface area contributed by atoms with Crippen LogP contribution in [0.5, 0.6) is 0 Å². The van der Waals surface area contributed by atoms with Crippen LogP contribution in [0.15, 0.2) is 18.2 Å². The highest BCUT2D eigenvalue weighted by Crippen LogP contribution is 2.26. The van der Waals surface area contributed by atoms with Crippen molar-refractivity contribution in [3.8, 4) is 0 Å². The van der Waals surface area contributed by atoms with Gasteiger partial charge in [0.2, 0.25) is 0 Å². The molecule has 1 aliphatic rings. The minimum atomic E-state index is -0.150. The summed E-state index contributed by atoms with van der Waals surface area (Å²) in [7, 11) is 0. The third kappa shape index (κ3) is 3.08. The molecule has 0 aromatic heterocycles. The van der Waals surface area contributed by atoms with E-state index in [-0.39, 0.29) is 5.82 Å². The molecular weight excluding hydrogens is 239 g/mol. The molecule has 2 nitrogen and oxygen atoms in total. The Balaban J connectivity index is 2.21. The summed E-state index contributed by atoms with van der Waals surface area (Å²) in [6.45, 7) is 10.7. The van der Waals surface area contributed by atoms with Gasteiger partial charge in [-0.3, -0.25) is 0 Å². The van der Waals surface area contributed by atoms with Crippen molar-refractivity contribution in [1.82, 2.24) is 5.32 Å². The Hall–Kier alpha value is -1.09. The first-order valence-electron chi connectivity index (χ1n) is 7.29. The lowest BCUT2D eigenvalue weighted by Gasteiger charge is -2.43. The maximum absolute atomic E-state index is 13.2. The van der Waals surface area contributed by atoms with Crippen LogP contribution < -0.4 is 10.2 Å². The topological polar surface area (TPSA) is 15.3 Å². The summed E-state index contributed by atoms with van der Waals surface area (Å²) in [6, 6.07) is 6.08. The lowest BCUT2D eigenvalue weighted by molar-refractivity contribution is 0.315. The second kappa shape index (κ2) is 5.91. The normalized spacial score (nSPS) is 25.4. The highest BCUT2D eigenvalue weighted by molar-refractivity contribution is 5.54. The van der Waals surface area contributed by atoms with Gasteiger partial charge in [-0.2, -0.15) is 0 Å². The van der Waals surface area contributed by atoms with Crippen LogP contribution in [0.1, 0.15) is 32.8 Å². The highest BCUT2D eigenvalue weighted by atomic mass is 19.1. The lowest BCUT2D eigenvalue weighted by Crippen LogP contribution is -2.57. The van der Waals surface area contributed by atoms with E-state index in [0.717, 1.165) is 18.7 Å². The number of nitrogens with zero attached hydrogens (tertiary/aromatic N) is 1. The molecule has 19 heavy (non-hydrogen) atoms. The van der Waals surface area contributed by atoms with Crippen LogP contribution in [0.3, 0.4) is 0 Å². The molecule has 0 aliphatic carbocycles. The molecule has 106 valence electrons. The second-order valence-electron chi connectivity index (χ2n) is 5.83. The first kappa shape index (κ1) is 14.3. The van der Waals surface area contributed by atoms with Crippen molar-refractivity contribution < 1.29 is 4.39 Å². The molecule has 1 N–H and O–H groups in total. The van der Waals surface area contributed by atoms with Crippen LogP contribution in [-0.2, 0) is 0 Å². The van der Waals surface area contributed by atoms with Gasteiger partial charge in [0.1, 0.15) is 5.82 Å². The number of aryl methyl sites for hydroxylation is 1. The predicted octanol–water partition coefficient (Wildman–Crippen LogP) is 3.35. The van der Waals surface area contributed by atoms with Crippen molar-refractivity contribution in [3.05, 3.63) is 29.6 Å². The summed E-state index contributed by atoms with van der Waals surface area (Å²) in [5.41, 5.74) is 2.19. The van der Waals surface area contributed by atoms with Gasteiger partial charge in [0, 0.05) is 30.9 Å². The van der Waals surface area contributed by atoms with E-state index in [0.29, 0.717) is 18.0 Å². The minimum Gasteiger partial charge on any atom is -0.366 e.